The van der Waals surface area contributed by atoms with Crippen LogP contribution in [-0.2, 0) is 22.6 Å². The molecule has 1 aromatic carbocycles. The normalized spacial score (nSPS) is 16.9. The largest absolute Gasteiger partial charge is 0.379 e. The SMILES string of the molecule is CCn1c(=O)n(CC(=O)N[C@H](C)CN2CCOCC2)c2ccccc21. The fourth-order valence-electron chi connectivity index (χ4n) is 3.41. The van der Waals surface area contributed by atoms with Gasteiger partial charge in [-0.15, -0.1) is 0 Å². The molecule has 1 amide bonds. The number of fused-ring (bicyclic) bond motifs is 1. The van der Waals surface area contributed by atoms with Gasteiger partial charge >= 0.3 is 5.69 Å². The van der Waals surface area contributed by atoms with Gasteiger partial charge in [0.25, 0.3) is 0 Å². The highest BCUT2D eigenvalue weighted by Gasteiger charge is 2.18. The van der Waals surface area contributed by atoms with Gasteiger partial charge in [-0.1, -0.05) is 12.1 Å². The summed E-state index contributed by atoms with van der Waals surface area (Å²) < 4.78 is 8.58. The molecular formula is C18H26N4O3. The molecule has 1 atom stereocenters. The van der Waals surface area contributed by atoms with E-state index in [4.69, 9.17) is 4.74 Å². The highest BCUT2D eigenvalue weighted by Crippen LogP contribution is 2.12. The summed E-state index contributed by atoms with van der Waals surface area (Å²) >= 11 is 0. The zero-order valence-corrected chi connectivity index (χ0v) is 14.9. The Kier molecular flexibility index (Phi) is 5.55. The van der Waals surface area contributed by atoms with Gasteiger partial charge in [0.1, 0.15) is 6.54 Å². The van der Waals surface area contributed by atoms with Crippen LogP contribution in [0.3, 0.4) is 0 Å². The summed E-state index contributed by atoms with van der Waals surface area (Å²) in [4.78, 5) is 27.3. The Labute approximate surface area is 147 Å². The van der Waals surface area contributed by atoms with E-state index in [1.54, 1.807) is 9.13 Å². The van der Waals surface area contributed by atoms with Crippen LogP contribution in [0.5, 0.6) is 0 Å². The maximum atomic E-state index is 12.6. The van der Waals surface area contributed by atoms with Gasteiger partial charge in [0.15, 0.2) is 0 Å². The van der Waals surface area contributed by atoms with Crippen molar-refractivity contribution in [3.8, 4) is 0 Å². The predicted molar refractivity (Wildman–Crippen MR) is 96.7 cm³/mol. The summed E-state index contributed by atoms with van der Waals surface area (Å²) in [5, 5.41) is 3.00. The lowest BCUT2D eigenvalue weighted by molar-refractivity contribution is -0.122. The summed E-state index contributed by atoms with van der Waals surface area (Å²) in [5.74, 6) is -0.137. The van der Waals surface area contributed by atoms with Crippen molar-refractivity contribution in [1.29, 1.82) is 0 Å². The molecule has 0 aliphatic carbocycles. The summed E-state index contributed by atoms with van der Waals surface area (Å²) in [6.45, 7) is 8.61. The van der Waals surface area contributed by atoms with Crippen molar-refractivity contribution in [2.24, 2.45) is 0 Å². The van der Waals surface area contributed by atoms with Crippen LogP contribution in [-0.4, -0.2) is 58.8 Å². The summed E-state index contributed by atoms with van der Waals surface area (Å²) in [6.07, 6.45) is 0. The van der Waals surface area contributed by atoms with Crippen molar-refractivity contribution >= 4 is 16.9 Å². The van der Waals surface area contributed by atoms with Crippen LogP contribution in [0.15, 0.2) is 29.1 Å². The number of morpholine rings is 1. The highest BCUT2D eigenvalue weighted by molar-refractivity contribution is 5.81. The average Bonchev–Trinajstić information content (AvgIpc) is 2.87. The Hall–Kier alpha value is -2.12. The zero-order chi connectivity index (χ0) is 17.8. The standard InChI is InChI=1S/C18H26N4O3/c1-3-21-15-6-4-5-7-16(15)22(18(21)24)13-17(23)19-14(2)12-20-8-10-25-11-9-20/h4-7,14H,3,8-13H2,1-2H3,(H,19,23)/t14-/m1/s1. The van der Waals surface area contributed by atoms with Crippen LogP contribution in [0.2, 0.25) is 0 Å². The molecule has 0 spiro atoms. The van der Waals surface area contributed by atoms with Crippen molar-refractivity contribution in [2.75, 3.05) is 32.8 Å². The molecule has 1 aliphatic rings. The first-order valence-corrected chi connectivity index (χ1v) is 8.87. The molecule has 7 heteroatoms. The van der Waals surface area contributed by atoms with Gasteiger partial charge < -0.3 is 10.1 Å². The smallest absolute Gasteiger partial charge is 0.329 e. The first kappa shape index (κ1) is 17.7. The van der Waals surface area contributed by atoms with E-state index in [2.05, 4.69) is 10.2 Å². The minimum Gasteiger partial charge on any atom is -0.379 e. The van der Waals surface area contributed by atoms with Gasteiger partial charge in [0.2, 0.25) is 5.91 Å². The Morgan fingerprint density at radius 2 is 1.84 bits per heavy atom. The monoisotopic (exact) mass is 346 g/mol. The molecule has 7 nitrogen and oxygen atoms in total. The summed E-state index contributed by atoms with van der Waals surface area (Å²) in [7, 11) is 0. The average molecular weight is 346 g/mol. The lowest BCUT2D eigenvalue weighted by Crippen LogP contribution is -2.47. The Balaban J connectivity index is 1.67. The lowest BCUT2D eigenvalue weighted by Gasteiger charge is -2.29. The second-order valence-electron chi connectivity index (χ2n) is 6.48. The van der Waals surface area contributed by atoms with Gasteiger partial charge in [0, 0.05) is 32.2 Å². The van der Waals surface area contributed by atoms with Crippen LogP contribution in [0.25, 0.3) is 11.0 Å². The van der Waals surface area contributed by atoms with Crippen molar-refractivity contribution in [1.82, 2.24) is 19.4 Å². The lowest BCUT2D eigenvalue weighted by atomic mass is 10.2. The molecule has 1 saturated heterocycles. The van der Waals surface area contributed by atoms with Crippen LogP contribution >= 0.6 is 0 Å². The molecule has 3 rings (SSSR count). The van der Waals surface area contributed by atoms with Crippen LogP contribution < -0.4 is 11.0 Å². The van der Waals surface area contributed by atoms with Gasteiger partial charge in [0.05, 0.1) is 24.2 Å². The molecular weight excluding hydrogens is 320 g/mol. The molecule has 0 radical (unpaired) electrons. The number of imidazole rings is 1. The number of hydrogen-bond acceptors (Lipinski definition) is 4. The second-order valence-corrected chi connectivity index (χ2v) is 6.48. The van der Waals surface area contributed by atoms with Crippen molar-refractivity contribution in [2.45, 2.75) is 33.0 Å². The highest BCUT2D eigenvalue weighted by atomic mass is 16.5. The van der Waals surface area contributed by atoms with E-state index in [1.807, 2.05) is 38.1 Å². The number of aryl methyl sites for hydroxylation is 1. The Morgan fingerprint density at radius 1 is 1.20 bits per heavy atom. The van der Waals surface area contributed by atoms with Crippen LogP contribution in [0.1, 0.15) is 13.8 Å². The van der Waals surface area contributed by atoms with E-state index in [9.17, 15) is 9.59 Å². The quantitative estimate of drug-likeness (QED) is 0.834. The third-order valence-corrected chi connectivity index (χ3v) is 4.59. The van der Waals surface area contributed by atoms with E-state index >= 15 is 0 Å². The summed E-state index contributed by atoms with van der Waals surface area (Å²) in [5.41, 5.74) is 1.52. The number of amides is 1. The van der Waals surface area contributed by atoms with Crippen molar-refractivity contribution < 1.29 is 9.53 Å². The number of para-hydroxylation sites is 2. The molecule has 1 aliphatic heterocycles. The number of ether oxygens (including phenoxy) is 1. The van der Waals surface area contributed by atoms with Crippen molar-refractivity contribution in [3.05, 3.63) is 34.7 Å². The molecule has 0 saturated carbocycles. The number of carbonyl (C=O) groups is 1. The van der Waals surface area contributed by atoms with Gasteiger partial charge in [-0.25, -0.2) is 4.79 Å². The first-order chi connectivity index (χ1) is 12.1. The summed E-state index contributed by atoms with van der Waals surface area (Å²) in [6, 6.07) is 7.61. The van der Waals surface area contributed by atoms with E-state index in [0.717, 1.165) is 43.9 Å². The fraction of sp³-hybridized carbons (Fsp3) is 0.556. The molecule has 25 heavy (non-hydrogen) atoms. The number of nitrogens with one attached hydrogen (secondary N) is 1. The molecule has 2 heterocycles. The zero-order valence-electron chi connectivity index (χ0n) is 14.9. The van der Waals surface area contributed by atoms with Crippen molar-refractivity contribution in [3.63, 3.8) is 0 Å². The number of rotatable bonds is 6. The molecule has 136 valence electrons. The van der Waals surface area contributed by atoms with E-state index in [0.29, 0.717) is 6.54 Å². The van der Waals surface area contributed by atoms with E-state index in [1.165, 1.54) is 0 Å². The van der Waals surface area contributed by atoms with Crippen LogP contribution in [0, 0.1) is 0 Å². The first-order valence-electron chi connectivity index (χ1n) is 8.87. The van der Waals surface area contributed by atoms with E-state index in [-0.39, 0.29) is 24.2 Å². The third-order valence-electron chi connectivity index (χ3n) is 4.59. The van der Waals surface area contributed by atoms with Gasteiger partial charge in [-0.2, -0.15) is 0 Å². The third kappa shape index (κ3) is 3.93. The van der Waals surface area contributed by atoms with Gasteiger partial charge in [-0.3, -0.25) is 18.8 Å². The molecule has 1 aromatic heterocycles. The molecule has 1 fully saturated rings. The predicted octanol–water partition coefficient (Wildman–Crippen LogP) is 0.660. The molecule has 1 N–H and O–H groups in total. The van der Waals surface area contributed by atoms with Crippen LogP contribution in [0.4, 0.5) is 0 Å². The maximum absolute atomic E-state index is 12.6. The molecule has 0 unspecified atom stereocenters. The number of hydrogen-bond donors (Lipinski definition) is 1. The number of aromatic nitrogens is 2. The minimum absolute atomic E-state index is 0.0285. The number of nitrogens with zero attached hydrogens (tertiary/aromatic N) is 3. The van der Waals surface area contributed by atoms with E-state index < -0.39 is 0 Å². The topological polar surface area (TPSA) is 68.5 Å². The molecule has 0 bridgehead atoms. The maximum Gasteiger partial charge on any atom is 0.329 e. The molecule has 2 aromatic rings. The minimum atomic E-state index is -0.139. The number of benzene rings is 1. The Bertz CT molecular complexity index is 789. The second kappa shape index (κ2) is 7.84. The van der Waals surface area contributed by atoms with Gasteiger partial charge in [-0.05, 0) is 26.0 Å². The number of carbonyl (C=O) groups excluding carboxylic acids is 1. The Morgan fingerprint density at radius 3 is 2.48 bits per heavy atom. The fourth-order valence-corrected chi connectivity index (χ4v) is 3.41.